The van der Waals surface area contributed by atoms with Gasteiger partial charge in [0.25, 0.3) is 0 Å². The normalized spacial score (nSPS) is 26.1. The van der Waals surface area contributed by atoms with Gasteiger partial charge in [0.1, 0.15) is 0 Å². The molecule has 0 spiro atoms. The summed E-state index contributed by atoms with van der Waals surface area (Å²) in [4.78, 5) is 14.2. The molecule has 1 saturated carbocycles. The summed E-state index contributed by atoms with van der Waals surface area (Å²) in [5, 5.41) is 0. The lowest BCUT2D eigenvalue weighted by Crippen LogP contribution is -2.46. The molecular formula is C17H24N2O. The highest BCUT2D eigenvalue weighted by Gasteiger charge is 2.33. The topological polar surface area (TPSA) is 46.3 Å². The summed E-state index contributed by atoms with van der Waals surface area (Å²) in [6, 6.07) is 6.63. The maximum absolute atomic E-state index is 11.7. The van der Waals surface area contributed by atoms with E-state index in [2.05, 4.69) is 11.0 Å². The van der Waals surface area contributed by atoms with Gasteiger partial charge in [-0.15, -0.1) is 0 Å². The van der Waals surface area contributed by atoms with Gasteiger partial charge in [0.2, 0.25) is 0 Å². The van der Waals surface area contributed by atoms with Crippen molar-refractivity contribution in [2.24, 2.45) is 5.92 Å². The van der Waals surface area contributed by atoms with E-state index in [0.717, 1.165) is 12.5 Å². The van der Waals surface area contributed by atoms with Gasteiger partial charge in [-0.05, 0) is 56.7 Å². The summed E-state index contributed by atoms with van der Waals surface area (Å²) in [6.45, 7) is 2.71. The van der Waals surface area contributed by atoms with E-state index < -0.39 is 0 Å². The van der Waals surface area contributed by atoms with Gasteiger partial charge in [0, 0.05) is 29.5 Å². The van der Waals surface area contributed by atoms with Gasteiger partial charge < -0.3 is 10.6 Å². The van der Waals surface area contributed by atoms with Crippen molar-refractivity contribution in [3.8, 4) is 0 Å². The molecule has 1 aliphatic heterocycles. The number of carbonyl (C=O) groups excluding carboxylic acids is 1. The Kier molecular flexibility index (Phi) is 3.68. The van der Waals surface area contributed by atoms with Crippen molar-refractivity contribution in [3.63, 3.8) is 0 Å². The van der Waals surface area contributed by atoms with Crippen LogP contribution in [0.2, 0.25) is 0 Å². The molecule has 3 nitrogen and oxygen atoms in total. The molecule has 1 heterocycles. The number of Topliss-reactive ketones (excluding diaryl/α,β-unsaturated/α-hetero) is 1. The zero-order valence-corrected chi connectivity index (χ0v) is 12.3. The predicted molar refractivity (Wildman–Crippen MR) is 83.2 cm³/mol. The number of hydrogen-bond donors (Lipinski definition) is 1. The number of nitrogens with two attached hydrogens (primary N) is 1. The Morgan fingerprint density at radius 1 is 1.20 bits per heavy atom. The molecule has 0 aromatic heterocycles. The summed E-state index contributed by atoms with van der Waals surface area (Å²) in [5.74, 6) is 0.900. The number of ketones is 1. The summed E-state index contributed by atoms with van der Waals surface area (Å²) in [5.41, 5.74) is 8.36. The highest BCUT2D eigenvalue weighted by molar-refractivity contribution is 6.00. The fraction of sp³-hybridized carbons (Fsp3) is 0.588. The van der Waals surface area contributed by atoms with Crippen molar-refractivity contribution in [2.75, 3.05) is 17.2 Å². The van der Waals surface area contributed by atoms with Crippen LogP contribution in [-0.2, 0) is 0 Å². The third-order valence-corrected chi connectivity index (χ3v) is 4.99. The van der Waals surface area contributed by atoms with E-state index in [-0.39, 0.29) is 5.78 Å². The molecule has 1 aromatic rings. The number of nitrogens with zero attached hydrogens (tertiary/aromatic N) is 1. The van der Waals surface area contributed by atoms with Gasteiger partial charge in [-0.3, -0.25) is 4.79 Å². The average molecular weight is 272 g/mol. The number of piperidine rings is 1. The second kappa shape index (κ2) is 5.47. The summed E-state index contributed by atoms with van der Waals surface area (Å²) >= 11 is 0. The lowest BCUT2D eigenvalue weighted by Gasteiger charge is -2.45. The smallest absolute Gasteiger partial charge is 0.161 e. The van der Waals surface area contributed by atoms with E-state index in [1.807, 2.05) is 12.1 Å². The number of nitrogen functional groups attached to an aromatic ring is 1. The van der Waals surface area contributed by atoms with E-state index >= 15 is 0 Å². The van der Waals surface area contributed by atoms with Crippen LogP contribution in [0.1, 0.15) is 55.8 Å². The standard InChI is InChI=1S/C17H24N2O/c1-12(20)15-11-14(8-9-16(15)18)19-10-4-6-13-5-2-3-7-17(13)19/h8-9,11,13,17H,2-7,10,18H2,1H3/t13-,17-/m1/s1. The molecule has 3 heteroatoms. The molecule has 2 aliphatic rings. The van der Waals surface area contributed by atoms with Crippen LogP contribution in [-0.4, -0.2) is 18.4 Å². The minimum absolute atomic E-state index is 0.0570. The van der Waals surface area contributed by atoms with Gasteiger partial charge in [-0.25, -0.2) is 0 Å². The maximum atomic E-state index is 11.7. The number of rotatable bonds is 2. The lowest BCUT2D eigenvalue weighted by molar-refractivity contribution is 0.101. The molecular weight excluding hydrogens is 248 g/mol. The van der Waals surface area contributed by atoms with E-state index in [1.165, 1.54) is 44.2 Å². The fourth-order valence-corrected chi connectivity index (χ4v) is 3.97. The second-order valence-corrected chi connectivity index (χ2v) is 6.28. The Balaban J connectivity index is 1.91. The molecule has 0 unspecified atom stereocenters. The first-order valence-corrected chi connectivity index (χ1v) is 7.84. The molecule has 20 heavy (non-hydrogen) atoms. The molecule has 3 rings (SSSR count). The van der Waals surface area contributed by atoms with Gasteiger partial charge in [-0.1, -0.05) is 12.8 Å². The molecule has 2 N–H and O–H groups in total. The Labute approximate surface area is 121 Å². The van der Waals surface area contributed by atoms with E-state index in [9.17, 15) is 4.79 Å². The highest BCUT2D eigenvalue weighted by atomic mass is 16.1. The van der Waals surface area contributed by atoms with Gasteiger partial charge >= 0.3 is 0 Å². The Bertz CT molecular complexity index is 510. The van der Waals surface area contributed by atoms with Gasteiger partial charge in [-0.2, -0.15) is 0 Å². The highest BCUT2D eigenvalue weighted by Crippen LogP contribution is 2.38. The van der Waals surface area contributed by atoms with Gasteiger partial charge in [0.15, 0.2) is 5.78 Å². The molecule has 0 radical (unpaired) electrons. The van der Waals surface area contributed by atoms with Crippen LogP contribution in [0.5, 0.6) is 0 Å². The molecule has 0 amide bonds. The van der Waals surface area contributed by atoms with E-state index in [0.29, 0.717) is 17.3 Å². The van der Waals surface area contributed by atoms with Crippen LogP contribution in [0.4, 0.5) is 11.4 Å². The molecule has 0 bridgehead atoms. The minimum Gasteiger partial charge on any atom is -0.398 e. The summed E-state index contributed by atoms with van der Waals surface area (Å²) in [7, 11) is 0. The maximum Gasteiger partial charge on any atom is 0.161 e. The molecule has 1 saturated heterocycles. The first-order valence-electron chi connectivity index (χ1n) is 7.84. The monoisotopic (exact) mass is 272 g/mol. The number of benzene rings is 1. The SMILES string of the molecule is CC(=O)c1cc(N2CCC[C@H]3CCCC[C@H]32)ccc1N. The van der Waals surface area contributed by atoms with E-state index in [1.54, 1.807) is 6.92 Å². The minimum atomic E-state index is 0.0570. The van der Waals surface area contributed by atoms with Crippen molar-refractivity contribution < 1.29 is 4.79 Å². The second-order valence-electron chi connectivity index (χ2n) is 6.28. The Morgan fingerprint density at radius 2 is 1.95 bits per heavy atom. The molecule has 1 aromatic carbocycles. The first kappa shape index (κ1) is 13.5. The molecule has 108 valence electrons. The quantitative estimate of drug-likeness (QED) is 0.660. The number of fused-ring (bicyclic) bond motifs is 1. The van der Waals surface area contributed by atoms with Crippen LogP contribution in [0.25, 0.3) is 0 Å². The Hall–Kier alpha value is -1.51. The number of hydrogen-bond acceptors (Lipinski definition) is 3. The largest absolute Gasteiger partial charge is 0.398 e. The zero-order chi connectivity index (χ0) is 14.1. The number of carbonyl (C=O) groups is 1. The average Bonchev–Trinajstić information content (AvgIpc) is 2.47. The van der Waals surface area contributed by atoms with Crippen molar-refractivity contribution in [1.82, 2.24) is 0 Å². The Morgan fingerprint density at radius 3 is 2.75 bits per heavy atom. The van der Waals surface area contributed by atoms with Crippen LogP contribution < -0.4 is 10.6 Å². The van der Waals surface area contributed by atoms with E-state index in [4.69, 9.17) is 5.73 Å². The summed E-state index contributed by atoms with van der Waals surface area (Å²) in [6.07, 6.45) is 8.03. The van der Waals surface area contributed by atoms with Crippen molar-refractivity contribution in [3.05, 3.63) is 23.8 Å². The lowest BCUT2D eigenvalue weighted by atomic mass is 9.78. The summed E-state index contributed by atoms with van der Waals surface area (Å²) < 4.78 is 0. The van der Waals surface area contributed by atoms with Crippen molar-refractivity contribution in [2.45, 2.75) is 51.5 Å². The van der Waals surface area contributed by atoms with Crippen molar-refractivity contribution in [1.29, 1.82) is 0 Å². The van der Waals surface area contributed by atoms with Gasteiger partial charge in [0.05, 0.1) is 0 Å². The van der Waals surface area contributed by atoms with Crippen LogP contribution in [0, 0.1) is 5.92 Å². The fourth-order valence-electron chi connectivity index (χ4n) is 3.97. The first-order chi connectivity index (χ1) is 9.66. The molecule has 2 atom stereocenters. The third-order valence-electron chi connectivity index (χ3n) is 4.99. The molecule has 1 aliphatic carbocycles. The van der Waals surface area contributed by atoms with Crippen LogP contribution >= 0.6 is 0 Å². The molecule has 2 fully saturated rings. The van der Waals surface area contributed by atoms with Crippen LogP contribution in [0.3, 0.4) is 0 Å². The number of anilines is 2. The van der Waals surface area contributed by atoms with Crippen LogP contribution in [0.15, 0.2) is 18.2 Å². The third kappa shape index (κ3) is 2.41. The predicted octanol–water partition coefficient (Wildman–Crippen LogP) is 3.63. The van der Waals surface area contributed by atoms with Crippen molar-refractivity contribution >= 4 is 17.2 Å². The zero-order valence-electron chi connectivity index (χ0n) is 12.3.